The van der Waals surface area contributed by atoms with Crippen LogP contribution in [0.1, 0.15) is 22.5 Å². The molecule has 3 aromatic heterocycles. The van der Waals surface area contributed by atoms with Gasteiger partial charge in [0.1, 0.15) is 10.8 Å². The molecule has 5 rings (SSSR count). The molecule has 1 aromatic carbocycles. The van der Waals surface area contributed by atoms with Crippen LogP contribution in [-0.4, -0.2) is 26.1 Å². The minimum absolute atomic E-state index is 0.161. The van der Waals surface area contributed by atoms with E-state index in [0.29, 0.717) is 28.5 Å². The summed E-state index contributed by atoms with van der Waals surface area (Å²) in [4.78, 5) is 20.6. The number of hydrogen-bond acceptors (Lipinski definition) is 4. The van der Waals surface area contributed by atoms with Crippen molar-refractivity contribution in [2.45, 2.75) is 6.42 Å². The number of carbonyl (C=O) groups excluding carboxylic acids is 1. The Kier molecular flexibility index (Phi) is 4.61. The molecule has 0 saturated heterocycles. The molecule has 1 amide bonds. The first-order valence-corrected chi connectivity index (χ1v) is 9.79. The third-order valence-corrected chi connectivity index (χ3v) is 5.16. The largest absolute Gasteiger partial charge is 0.320 e. The number of allylic oxidation sites excluding steroid dienone is 1. The van der Waals surface area contributed by atoms with E-state index in [0.717, 1.165) is 27.7 Å². The van der Waals surface area contributed by atoms with E-state index in [4.69, 9.17) is 11.6 Å². The zero-order chi connectivity index (χ0) is 20.5. The molecule has 1 aliphatic rings. The van der Waals surface area contributed by atoms with E-state index in [1.807, 2.05) is 48.6 Å². The van der Waals surface area contributed by atoms with Gasteiger partial charge >= 0.3 is 0 Å². The van der Waals surface area contributed by atoms with Crippen LogP contribution in [0.4, 0.5) is 5.69 Å². The maximum absolute atomic E-state index is 12.3. The van der Waals surface area contributed by atoms with Crippen LogP contribution in [0.25, 0.3) is 28.6 Å². The molecule has 0 fully saturated rings. The highest BCUT2D eigenvalue weighted by Gasteiger charge is 2.25. The summed E-state index contributed by atoms with van der Waals surface area (Å²) in [6.45, 7) is 0. The topological polar surface area (TPSA) is 83.6 Å². The summed E-state index contributed by atoms with van der Waals surface area (Å²) in [5.74, 6) is -0.161. The fourth-order valence-electron chi connectivity index (χ4n) is 3.44. The van der Waals surface area contributed by atoms with Crippen molar-refractivity contribution in [1.29, 1.82) is 0 Å². The van der Waals surface area contributed by atoms with Crippen molar-refractivity contribution in [3.63, 3.8) is 0 Å². The minimum atomic E-state index is -0.161. The monoisotopic (exact) mass is 413 g/mol. The Morgan fingerprint density at radius 2 is 1.90 bits per heavy atom. The predicted molar refractivity (Wildman–Crippen MR) is 119 cm³/mol. The predicted octanol–water partition coefficient (Wildman–Crippen LogP) is 4.75. The number of pyridine rings is 2. The highest BCUT2D eigenvalue weighted by molar-refractivity contribution is 6.33. The van der Waals surface area contributed by atoms with Crippen molar-refractivity contribution < 1.29 is 4.79 Å². The van der Waals surface area contributed by atoms with E-state index < -0.39 is 0 Å². The summed E-state index contributed by atoms with van der Waals surface area (Å²) >= 11 is 5.99. The molecule has 0 bridgehead atoms. The lowest BCUT2D eigenvalue weighted by molar-refractivity contribution is -0.110. The summed E-state index contributed by atoms with van der Waals surface area (Å²) in [5, 5.41) is 11.7. The first-order valence-electron chi connectivity index (χ1n) is 9.41. The van der Waals surface area contributed by atoms with Crippen molar-refractivity contribution >= 4 is 51.8 Å². The number of H-pyrrole nitrogens is 1. The number of carbonyl (C=O) groups is 1. The van der Waals surface area contributed by atoms with Gasteiger partial charge in [-0.1, -0.05) is 35.9 Å². The molecule has 0 saturated carbocycles. The van der Waals surface area contributed by atoms with Crippen LogP contribution in [-0.2, 0) is 11.2 Å². The van der Waals surface area contributed by atoms with Gasteiger partial charge in [0.2, 0.25) is 0 Å². The number of aromatic amines is 1. The van der Waals surface area contributed by atoms with Crippen LogP contribution in [0.3, 0.4) is 0 Å². The van der Waals surface area contributed by atoms with E-state index in [1.165, 1.54) is 0 Å². The standard InChI is InChI=1S/C23H16ClN5O/c24-21-8-7-19-22(27-21)17(23(30)26-19)5-2-15-1-4-16-18(28-29-20(16)13-15)6-3-14-9-11-25-12-10-14/h1,3-13H,2H2,(H,26,30)(H,28,29)/b6-3+,17-5+. The Bertz CT molecular complexity index is 1320. The van der Waals surface area contributed by atoms with E-state index in [9.17, 15) is 4.79 Å². The third kappa shape index (κ3) is 3.49. The van der Waals surface area contributed by atoms with E-state index in [1.54, 1.807) is 24.5 Å². The van der Waals surface area contributed by atoms with Gasteiger partial charge in [-0.15, -0.1) is 0 Å². The average Bonchev–Trinajstić information content (AvgIpc) is 3.31. The summed E-state index contributed by atoms with van der Waals surface area (Å²) in [6.07, 6.45) is 9.97. The van der Waals surface area contributed by atoms with Crippen LogP contribution >= 0.6 is 11.6 Å². The van der Waals surface area contributed by atoms with Crippen LogP contribution in [0.5, 0.6) is 0 Å². The third-order valence-electron chi connectivity index (χ3n) is 4.95. The molecule has 2 N–H and O–H groups in total. The average molecular weight is 414 g/mol. The summed E-state index contributed by atoms with van der Waals surface area (Å²) in [7, 11) is 0. The number of benzene rings is 1. The van der Waals surface area contributed by atoms with Gasteiger partial charge in [-0.05, 0) is 54.0 Å². The molecular weight excluding hydrogens is 398 g/mol. The second kappa shape index (κ2) is 7.57. The Balaban J connectivity index is 1.39. The molecule has 0 spiro atoms. The van der Waals surface area contributed by atoms with Crippen molar-refractivity contribution in [2.24, 2.45) is 0 Å². The first kappa shape index (κ1) is 18.3. The second-order valence-electron chi connectivity index (χ2n) is 6.91. The SMILES string of the molecule is O=C1Nc2ccc(Cl)nc2/C1=C\Cc1ccc2c(/C=C/c3ccncc3)n[nH]c2c1. The van der Waals surface area contributed by atoms with Gasteiger partial charge in [0, 0.05) is 17.8 Å². The lowest BCUT2D eigenvalue weighted by Gasteiger charge is -2.00. The van der Waals surface area contributed by atoms with Crippen molar-refractivity contribution in [3.05, 3.63) is 88.6 Å². The fourth-order valence-corrected chi connectivity index (χ4v) is 3.59. The summed E-state index contributed by atoms with van der Waals surface area (Å²) < 4.78 is 0. The van der Waals surface area contributed by atoms with E-state index in [2.05, 4.69) is 25.5 Å². The van der Waals surface area contributed by atoms with Gasteiger partial charge < -0.3 is 5.32 Å². The molecule has 7 heteroatoms. The highest BCUT2D eigenvalue weighted by Crippen LogP contribution is 2.31. The molecule has 0 radical (unpaired) electrons. The maximum atomic E-state index is 12.3. The number of amides is 1. The zero-order valence-corrected chi connectivity index (χ0v) is 16.5. The van der Waals surface area contributed by atoms with Gasteiger partial charge in [0.25, 0.3) is 5.91 Å². The molecule has 1 aliphatic heterocycles. The number of hydrogen-bond donors (Lipinski definition) is 2. The van der Waals surface area contributed by atoms with Crippen LogP contribution in [0.15, 0.2) is 60.9 Å². The minimum Gasteiger partial charge on any atom is -0.320 e. The number of nitrogens with one attached hydrogen (secondary N) is 2. The smallest absolute Gasteiger partial charge is 0.257 e. The van der Waals surface area contributed by atoms with Crippen molar-refractivity contribution in [1.82, 2.24) is 20.2 Å². The second-order valence-corrected chi connectivity index (χ2v) is 7.30. The molecule has 4 aromatic rings. The maximum Gasteiger partial charge on any atom is 0.257 e. The van der Waals surface area contributed by atoms with Gasteiger partial charge in [0.15, 0.2) is 0 Å². The molecular formula is C23H16ClN5O. The van der Waals surface area contributed by atoms with Gasteiger partial charge in [-0.3, -0.25) is 14.9 Å². The van der Waals surface area contributed by atoms with Crippen LogP contribution in [0, 0.1) is 0 Å². The summed E-state index contributed by atoms with van der Waals surface area (Å²) in [5.41, 5.74) is 5.76. The Morgan fingerprint density at radius 3 is 2.77 bits per heavy atom. The van der Waals surface area contributed by atoms with Gasteiger partial charge in [-0.25, -0.2) is 4.98 Å². The Hall–Kier alpha value is -3.77. The molecule has 6 nitrogen and oxygen atoms in total. The zero-order valence-electron chi connectivity index (χ0n) is 15.8. The number of fused-ring (bicyclic) bond motifs is 2. The van der Waals surface area contributed by atoms with Gasteiger partial charge in [-0.2, -0.15) is 5.10 Å². The number of aromatic nitrogens is 4. The number of halogens is 1. The lowest BCUT2D eigenvalue weighted by atomic mass is 10.1. The Labute approximate surface area is 177 Å². The normalized spacial score (nSPS) is 14.6. The molecule has 146 valence electrons. The highest BCUT2D eigenvalue weighted by atomic mass is 35.5. The van der Waals surface area contributed by atoms with Gasteiger partial charge in [0.05, 0.1) is 22.5 Å². The molecule has 4 heterocycles. The first-order chi connectivity index (χ1) is 14.7. The number of anilines is 1. The molecule has 30 heavy (non-hydrogen) atoms. The summed E-state index contributed by atoms with van der Waals surface area (Å²) in [6, 6.07) is 13.4. The van der Waals surface area contributed by atoms with Crippen LogP contribution < -0.4 is 5.32 Å². The van der Waals surface area contributed by atoms with E-state index in [-0.39, 0.29) is 5.91 Å². The van der Waals surface area contributed by atoms with Crippen LogP contribution in [0.2, 0.25) is 5.15 Å². The number of rotatable bonds is 4. The van der Waals surface area contributed by atoms with E-state index >= 15 is 0 Å². The molecule has 0 atom stereocenters. The lowest BCUT2D eigenvalue weighted by Crippen LogP contribution is -2.04. The Morgan fingerprint density at radius 1 is 1.03 bits per heavy atom. The van der Waals surface area contributed by atoms with Crippen molar-refractivity contribution in [2.75, 3.05) is 5.32 Å². The molecule has 0 unspecified atom stereocenters. The quantitative estimate of drug-likeness (QED) is 0.373. The molecule has 0 aliphatic carbocycles. The number of nitrogens with zero attached hydrogens (tertiary/aromatic N) is 3. The fraction of sp³-hybridized carbons (Fsp3) is 0.0435. The van der Waals surface area contributed by atoms with Crippen molar-refractivity contribution in [3.8, 4) is 0 Å².